The van der Waals surface area contributed by atoms with E-state index in [0.717, 1.165) is 31.3 Å². The molecule has 1 fully saturated rings. The summed E-state index contributed by atoms with van der Waals surface area (Å²) < 4.78 is 0. The van der Waals surface area contributed by atoms with Crippen molar-refractivity contribution in [2.45, 2.75) is 25.3 Å². The topological polar surface area (TPSA) is 23.5 Å². The van der Waals surface area contributed by atoms with Crippen LogP contribution < -0.4 is 0 Å². The second kappa shape index (κ2) is 5.01. The predicted molar refractivity (Wildman–Crippen MR) is 50.2 cm³/mol. The Kier molecular flexibility index (Phi) is 4.26. The molecule has 1 rings (SSSR count). The van der Waals surface area contributed by atoms with Gasteiger partial charge in [-0.25, -0.2) is 0 Å². The maximum atomic E-state index is 8.75. The molecule has 1 aliphatic carbocycles. The second-order valence-electron chi connectivity index (χ2n) is 3.07. The molecule has 0 spiro atoms. The molecule has 0 saturated heterocycles. The second-order valence-corrected chi connectivity index (χ2v) is 3.52. The molecule has 0 amide bonds. The third-order valence-electron chi connectivity index (χ3n) is 2.05. The maximum Gasteiger partial charge on any atom is 0.0558 e. The van der Waals surface area contributed by atoms with E-state index in [1.54, 1.807) is 0 Å². The van der Waals surface area contributed by atoms with Crippen LogP contribution in [0.2, 0.25) is 0 Å². The van der Waals surface area contributed by atoms with Gasteiger partial charge in [0.1, 0.15) is 0 Å². The van der Waals surface area contributed by atoms with Crippen LogP contribution in [-0.2, 0) is 0 Å². The summed E-state index contributed by atoms with van der Waals surface area (Å²) in [6.07, 6.45) is 3.79. The molecule has 0 aromatic heterocycles. The first-order valence-corrected chi connectivity index (χ1v) is 4.97. The smallest absolute Gasteiger partial charge is 0.0558 e. The highest BCUT2D eigenvalue weighted by Gasteiger charge is 2.27. The normalized spacial score (nSPS) is 17.7. The molecular formula is C8H17NOS. The summed E-state index contributed by atoms with van der Waals surface area (Å²) in [6, 6.07) is 0.780. The molecule has 1 N–H and O–H groups in total. The maximum absolute atomic E-state index is 8.75. The van der Waals surface area contributed by atoms with E-state index in [1.165, 1.54) is 12.8 Å². The molecule has 0 radical (unpaired) electrons. The Bertz CT molecular complexity index is 106. The van der Waals surface area contributed by atoms with Gasteiger partial charge in [0, 0.05) is 12.6 Å². The number of aliphatic hydroxyl groups is 1. The largest absolute Gasteiger partial charge is 0.395 e. The van der Waals surface area contributed by atoms with Crippen molar-refractivity contribution in [3.05, 3.63) is 0 Å². The minimum atomic E-state index is 0.295. The molecule has 0 aliphatic heterocycles. The summed E-state index contributed by atoms with van der Waals surface area (Å²) in [6.45, 7) is 2.25. The fourth-order valence-corrected chi connectivity index (χ4v) is 1.46. The zero-order valence-electron chi connectivity index (χ0n) is 6.87. The van der Waals surface area contributed by atoms with Crippen molar-refractivity contribution >= 4 is 12.6 Å². The van der Waals surface area contributed by atoms with Crippen molar-refractivity contribution in [2.24, 2.45) is 0 Å². The number of thiol groups is 1. The van der Waals surface area contributed by atoms with Crippen molar-refractivity contribution in [2.75, 3.05) is 25.4 Å². The molecule has 0 aromatic rings. The van der Waals surface area contributed by atoms with Gasteiger partial charge in [-0.05, 0) is 31.6 Å². The molecule has 1 aliphatic rings. The zero-order valence-corrected chi connectivity index (χ0v) is 7.76. The van der Waals surface area contributed by atoms with E-state index in [0.29, 0.717) is 6.61 Å². The van der Waals surface area contributed by atoms with Crippen molar-refractivity contribution in [1.82, 2.24) is 4.90 Å². The van der Waals surface area contributed by atoms with E-state index in [4.69, 9.17) is 5.11 Å². The average molecular weight is 175 g/mol. The molecular weight excluding hydrogens is 158 g/mol. The Morgan fingerprint density at radius 2 is 2.09 bits per heavy atom. The Hall–Kier alpha value is 0.270. The van der Waals surface area contributed by atoms with Crippen LogP contribution in [-0.4, -0.2) is 41.5 Å². The van der Waals surface area contributed by atoms with Crippen LogP contribution in [0.25, 0.3) is 0 Å². The lowest BCUT2D eigenvalue weighted by molar-refractivity contribution is 0.190. The summed E-state index contributed by atoms with van der Waals surface area (Å²) in [5.74, 6) is 0.953. The molecule has 66 valence electrons. The summed E-state index contributed by atoms with van der Waals surface area (Å²) >= 11 is 4.16. The number of rotatable bonds is 6. The van der Waals surface area contributed by atoms with E-state index in [9.17, 15) is 0 Å². The van der Waals surface area contributed by atoms with Gasteiger partial charge in [0.15, 0.2) is 0 Å². The first-order valence-electron chi connectivity index (χ1n) is 4.34. The van der Waals surface area contributed by atoms with E-state index in [-0.39, 0.29) is 0 Å². The fourth-order valence-electron chi connectivity index (χ4n) is 1.32. The van der Waals surface area contributed by atoms with E-state index >= 15 is 0 Å². The lowest BCUT2D eigenvalue weighted by atomic mass is 10.4. The predicted octanol–water partition coefficient (Wildman–Crippen LogP) is 0.763. The molecule has 1 saturated carbocycles. The van der Waals surface area contributed by atoms with E-state index in [2.05, 4.69) is 17.5 Å². The molecule has 0 aromatic carbocycles. The highest BCUT2D eigenvalue weighted by molar-refractivity contribution is 7.80. The summed E-state index contributed by atoms with van der Waals surface area (Å²) in [4.78, 5) is 2.37. The van der Waals surface area contributed by atoms with Gasteiger partial charge in [-0.15, -0.1) is 0 Å². The van der Waals surface area contributed by atoms with Gasteiger partial charge in [0.05, 0.1) is 6.61 Å². The van der Waals surface area contributed by atoms with Gasteiger partial charge >= 0.3 is 0 Å². The molecule has 0 heterocycles. The Morgan fingerprint density at radius 3 is 2.55 bits per heavy atom. The Morgan fingerprint density at radius 1 is 1.36 bits per heavy atom. The zero-order chi connectivity index (χ0) is 8.10. The third kappa shape index (κ3) is 3.45. The SMILES string of the molecule is OCCN(CCCS)C1CC1. The molecule has 0 bridgehead atoms. The highest BCUT2D eigenvalue weighted by Crippen LogP contribution is 2.26. The molecule has 3 heteroatoms. The Balaban J connectivity index is 2.10. The number of aliphatic hydroxyl groups excluding tert-OH is 1. The van der Waals surface area contributed by atoms with Crippen molar-refractivity contribution in [1.29, 1.82) is 0 Å². The number of nitrogens with zero attached hydrogens (tertiary/aromatic N) is 1. The summed E-state index contributed by atoms with van der Waals surface area (Å²) in [7, 11) is 0. The van der Waals surface area contributed by atoms with Gasteiger partial charge in [-0.1, -0.05) is 0 Å². The molecule has 2 nitrogen and oxygen atoms in total. The summed E-state index contributed by atoms with van der Waals surface area (Å²) in [5, 5.41) is 8.75. The van der Waals surface area contributed by atoms with E-state index < -0.39 is 0 Å². The van der Waals surface area contributed by atoms with Crippen LogP contribution >= 0.6 is 12.6 Å². The van der Waals surface area contributed by atoms with Crippen LogP contribution in [0, 0.1) is 0 Å². The minimum Gasteiger partial charge on any atom is -0.395 e. The van der Waals surface area contributed by atoms with Gasteiger partial charge in [-0.3, -0.25) is 4.90 Å². The van der Waals surface area contributed by atoms with Crippen LogP contribution in [0.5, 0.6) is 0 Å². The number of hydrogen-bond donors (Lipinski definition) is 2. The number of hydrogen-bond acceptors (Lipinski definition) is 3. The van der Waals surface area contributed by atoms with Gasteiger partial charge < -0.3 is 5.11 Å². The van der Waals surface area contributed by atoms with Crippen molar-refractivity contribution < 1.29 is 5.11 Å². The van der Waals surface area contributed by atoms with Crippen molar-refractivity contribution in [3.8, 4) is 0 Å². The van der Waals surface area contributed by atoms with Crippen LogP contribution in [0.15, 0.2) is 0 Å². The third-order valence-corrected chi connectivity index (χ3v) is 2.37. The van der Waals surface area contributed by atoms with Gasteiger partial charge in [0.25, 0.3) is 0 Å². The summed E-state index contributed by atoms with van der Waals surface area (Å²) in [5.41, 5.74) is 0. The standard InChI is InChI=1S/C8H17NOS/c10-6-5-9(4-1-7-11)8-2-3-8/h8,10-11H,1-7H2. The molecule has 0 atom stereocenters. The fraction of sp³-hybridized carbons (Fsp3) is 1.00. The highest BCUT2D eigenvalue weighted by atomic mass is 32.1. The van der Waals surface area contributed by atoms with E-state index in [1.807, 2.05) is 0 Å². The minimum absolute atomic E-state index is 0.295. The quantitative estimate of drug-likeness (QED) is 0.582. The lowest BCUT2D eigenvalue weighted by Gasteiger charge is -2.19. The monoisotopic (exact) mass is 175 g/mol. The first kappa shape index (κ1) is 9.36. The van der Waals surface area contributed by atoms with Crippen LogP contribution in [0.3, 0.4) is 0 Å². The molecule has 11 heavy (non-hydrogen) atoms. The first-order chi connectivity index (χ1) is 5.38. The Labute approximate surface area is 74.0 Å². The van der Waals surface area contributed by atoms with Crippen LogP contribution in [0.1, 0.15) is 19.3 Å². The van der Waals surface area contributed by atoms with Gasteiger partial charge in [-0.2, -0.15) is 12.6 Å². The lowest BCUT2D eigenvalue weighted by Crippen LogP contribution is -2.30. The van der Waals surface area contributed by atoms with Crippen LogP contribution in [0.4, 0.5) is 0 Å². The van der Waals surface area contributed by atoms with Gasteiger partial charge in [0.2, 0.25) is 0 Å². The van der Waals surface area contributed by atoms with Crippen molar-refractivity contribution in [3.63, 3.8) is 0 Å². The molecule has 0 unspecified atom stereocenters. The average Bonchev–Trinajstić information content (AvgIpc) is 2.80.